The van der Waals surface area contributed by atoms with E-state index in [1.165, 1.54) is 20.2 Å². The smallest absolute Gasteiger partial charge is 0.316 e. The number of aryl methyl sites for hydroxylation is 1. The second-order valence-corrected chi connectivity index (χ2v) is 9.50. The number of esters is 1. The van der Waals surface area contributed by atoms with E-state index in [9.17, 15) is 18.0 Å². The molecular formula is C21H26N2O5S. The maximum absolute atomic E-state index is 12.4. The van der Waals surface area contributed by atoms with Crippen LogP contribution in [0.4, 0.5) is 5.69 Å². The molecule has 0 saturated carbocycles. The van der Waals surface area contributed by atoms with Gasteiger partial charge in [-0.3, -0.25) is 9.59 Å². The van der Waals surface area contributed by atoms with Crippen LogP contribution in [0, 0.1) is 6.92 Å². The Kier molecular flexibility index (Phi) is 6.81. The number of ether oxygens (including phenoxy) is 1. The van der Waals surface area contributed by atoms with Crippen molar-refractivity contribution in [1.29, 1.82) is 0 Å². The van der Waals surface area contributed by atoms with Crippen molar-refractivity contribution in [3.63, 3.8) is 0 Å². The minimum absolute atomic E-state index is 0.0995. The lowest BCUT2D eigenvalue weighted by molar-refractivity contribution is -0.152. The molecule has 0 aliphatic rings. The number of carbonyl (C=O) groups is 2. The number of hydrogen-bond donors (Lipinski definition) is 1. The summed E-state index contributed by atoms with van der Waals surface area (Å²) in [7, 11) is -0.768. The Bertz CT molecular complexity index is 999. The van der Waals surface area contributed by atoms with Crippen molar-refractivity contribution in [2.75, 3.05) is 26.0 Å². The Balaban J connectivity index is 2.06. The van der Waals surface area contributed by atoms with Gasteiger partial charge in [0.05, 0.1) is 10.3 Å². The van der Waals surface area contributed by atoms with Crippen LogP contribution in [0.2, 0.25) is 0 Å². The fourth-order valence-corrected chi connectivity index (χ4v) is 3.78. The number of carbonyl (C=O) groups excluding carboxylic acids is 2. The van der Waals surface area contributed by atoms with Crippen LogP contribution in [-0.2, 0) is 29.8 Å². The number of sulfonamides is 1. The molecule has 0 aliphatic heterocycles. The molecule has 0 saturated heterocycles. The zero-order valence-electron chi connectivity index (χ0n) is 17.2. The average molecular weight is 419 g/mol. The molecule has 0 heterocycles. The predicted octanol–water partition coefficient (Wildman–Crippen LogP) is 2.70. The van der Waals surface area contributed by atoms with Crippen molar-refractivity contribution in [3.8, 4) is 0 Å². The van der Waals surface area contributed by atoms with E-state index in [1.807, 2.05) is 30.3 Å². The van der Waals surface area contributed by atoms with E-state index in [0.29, 0.717) is 11.3 Å². The standard InChI is InChI=1S/C21H26N2O5S/c1-15-11-12-17(13-18(15)29(26,27)23(4)5)22-19(24)14-28-20(25)21(2,3)16-9-7-6-8-10-16/h6-13H,14H2,1-5H3,(H,22,24). The van der Waals surface area contributed by atoms with Gasteiger partial charge in [-0.1, -0.05) is 36.4 Å². The molecule has 1 N–H and O–H groups in total. The van der Waals surface area contributed by atoms with Crippen LogP contribution < -0.4 is 5.32 Å². The fourth-order valence-electron chi connectivity index (χ4n) is 2.63. The average Bonchev–Trinajstić information content (AvgIpc) is 2.67. The van der Waals surface area contributed by atoms with E-state index < -0.39 is 33.9 Å². The van der Waals surface area contributed by atoms with Gasteiger partial charge in [-0.2, -0.15) is 0 Å². The first kappa shape index (κ1) is 22.6. The molecule has 7 nitrogen and oxygen atoms in total. The molecule has 0 aliphatic carbocycles. The molecule has 0 radical (unpaired) electrons. The summed E-state index contributed by atoms with van der Waals surface area (Å²) in [5, 5.41) is 2.57. The van der Waals surface area contributed by atoms with Crippen molar-refractivity contribution in [2.24, 2.45) is 0 Å². The zero-order chi connectivity index (χ0) is 21.8. The number of hydrogen-bond acceptors (Lipinski definition) is 5. The minimum atomic E-state index is -3.64. The van der Waals surface area contributed by atoms with Gasteiger partial charge in [0.25, 0.3) is 5.91 Å². The van der Waals surface area contributed by atoms with Crippen LogP contribution >= 0.6 is 0 Å². The van der Waals surface area contributed by atoms with Gasteiger partial charge in [-0.25, -0.2) is 12.7 Å². The highest BCUT2D eigenvalue weighted by Gasteiger charge is 2.31. The van der Waals surface area contributed by atoms with Gasteiger partial charge in [-0.15, -0.1) is 0 Å². The minimum Gasteiger partial charge on any atom is -0.455 e. The monoisotopic (exact) mass is 418 g/mol. The van der Waals surface area contributed by atoms with Crippen molar-refractivity contribution in [2.45, 2.75) is 31.1 Å². The van der Waals surface area contributed by atoms with Gasteiger partial charge in [-0.05, 0) is 44.0 Å². The third-order valence-corrected chi connectivity index (χ3v) is 6.53. The lowest BCUT2D eigenvalue weighted by Crippen LogP contribution is -2.33. The molecule has 29 heavy (non-hydrogen) atoms. The van der Waals surface area contributed by atoms with Gasteiger partial charge in [0.2, 0.25) is 10.0 Å². The highest BCUT2D eigenvalue weighted by Crippen LogP contribution is 2.25. The van der Waals surface area contributed by atoms with Gasteiger partial charge in [0, 0.05) is 19.8 Å². The second kappa shape index (κ2) is 8.75. The first-order valence-corrected chi connectivity index (χ1v) is 10.5. The van der Waals surface area contributed by atoms with E-state index in [-0.39, 0.29) is 4.90 Å². The largest absolute Gasteiger partial charge is 0.455 e. The normalized spacial score (nSPS) is 11.9. The summed E-state index contributed by atoms with van der Waals surface area (Å²) in [6.07, 6.45) is 0. The third kappa shape index (κ3) is 5.21. The first-order valence-electron chi connectivity index (χ1n) is 9.02. The summed E-state index contributed by atoms with van der Waals surface area (Å²) in [5.74, 6) is -1.09. The summed E-state index contributed by atoms with van der Waals surface area (Å²) >= 11 is 0. The molecule has 0 aromatic heterocycles. The number of anilines is 1. The lowest BCUT2D eigenvalue weighted by atomic mass is 9.85. The molecule has 0 atom stereocenters. The van der Waals surface area contributed by atoms with E-state index in [2.05, 4.69) is 5.32 Å². The Morgan fingerprint density at radius 1 is 1.07 bits per heavy atom. The molecule has 156 valence electrons. The molecule has 0 bridgehead atoms. The number of nitrogens with zero attached hydrogens (tertiary/aromatic N) is 1. The molecule has 2 rings (SSSR count). The van der Waals surface area contributed by atoms with Crippen molar-refractivity contribution in [1.82, 2.24) is 4.31 Å². The fraction of sp³-hybridized carbons (Fsp3) is 0.333. The number of nitrogens with one attached hydrogen (secondary N) is 1. The molecule has 8 heteroatoms. The summed E-state index contributed by atoms with van der Waals surface area (Å²) in [4.78, 5) is 24.8. The molecule has 0 fully saturated rings. The maximum Gasteiger partial charge on any atom is 0.316 e. The van der Waals surface area contributed by atoms with Crippen molar-refractivity contribution >= 4 is 27.6 Å². The predicted molar refractivity (Wildman–Crippen MR) is 111 cm³/mol. The Morgan fingerprint density at radius 2 is 1.69 bits per heavy atom. The zero-order valence-corrected chi connectivity index (χ0v) is 18.0. The summed E-state index contributed by atoms with van der Waals surface area (Å²) in [6, 6.07) is 13.7. The van der Waals surface area contributed by atoms with Crippen LogP contribution in [0.3, 0.4) is 0 Å². The summed E-state index contributed by atoms with van der Waals surface area (Å²) in [5.41, 5.74) is 0.743. The topological polar surface area (TPSA) is 92.8 Å². The van der Waals surface area contributed by atoms with Crippen LogP contribution in [0.5, 0.6) is 0 Å². The van der Waals surface area contributed by atoms with Crippen molar-refractivity contribution in [3.05, 3.63) is 59.7 Å². The molecular weight excluding hydrogens is 392 g/mol. The van der Waals surface area contributed by atoms with Crippen molar-refractivity contribution < 1.29 is 22.7 Å². The highest BCUT2D eigenvalue weighted by molar-refractivity contribution is 7.89. The highest BCUT2D eigenvalue weighted by atomic mass is 32.2. The summed E-state index contributed by atoms with van der Waals surface area (Å²) < 4.78 is 31.1. The summed E-state index contributed by atoms with van der Waals surface area (Å²) in [6.45, 7) is 4.65. The quantitative estimate of drug-likeness (QED) is 0.698. The van der Waals surface area contributed by atoms with Crippen LogP contribution in [0.25, 0.3) is 0 Å². The van der Waals surface area contributed by atoms with Crippen LogP contribution in [-0.4, -0.2) is 45.3 Å². The van der Waals surface area contributed by atoms with E-state index >= 15 is 0 Å². The van der Waals surface area contributed by atoms with E-state index in [4.69, 9.17) is 4.74 Å². The Hall–Kier alpha value is -2.71. The number of rotatable bonds is 7. The first-order chi connectivity index (χ1) is 13.5. The van der Waals surface area contributed by atoms with E-state index in [0.717, 1.165) is 9.87 Å². The van der Waals surface area contributed by atoms with Gasteiger partial charge >= 0.3 is 5.97 Å². The lowest BCUT2D eigenvalue weighted by Gasteiger charge is -2.22. The van der Waals surface area contributed by atoms with E-state index in [1.54, 1.807) is 32.9 Å². The van der Waals surface area contributed by atoms with Crippen LogP contribution in [0.1, 0.15) is 25.0 Å². The molecule has 0 unspecified atom stereocenters. The maximum atomic E-state index is 12.4. The number of amides is 1. The van der Waals surface area contributed by atoms with Gasteiger partial charge < -0.3 is 10.1 Å². The number of benzene rings is 2. The third-order valence-electron chi connectivity index (χ3n) is 4.57. The Labute approximate surface area is 171 Å². The Morgan fingerprint density at radius 3 is 2.28 bits per heavy atom. The van der Waals surface area contributed by atoms with Crippen LogP contribution in [0.15, 0.2) is 53.4 Å². The second-order valence-electron chi connectivity index (χ2n) is 7.38. The molecule has 2 aromatic carbocycles. The molecule has 1 amide bonds. The molecule has 2 aromatic rings. The molecule has 0 spiro atoms. The van der Waals surface area contributed by atoms with Gasteiger partial charge in [0.15, 0.2) is 6.61 Å². The van der Waals surface area contributed by atoms with Gasteiger partial charge in [0.1, 0.15) is 0 Å². The SMILES string of the molecule is Cc1ccc(NC(=O)COC(=O)C(C)(C)c2ccccc2)cc1S(=O)(=O)N(C)C.